The third-order valence-corrected chi connectivity index (χ3v) is 2.91. The molecule has 4 nitrogen and oxygen atoms in total. The second-order valence-corrected chi connectivity index (χ2v) is 5.00. The van der Waals surface area contributed by atoms with Gasteiger partial charge in [0.15, 0.2) is 0 Å². The zero-order valence-electron chi connectivity index (χ0n) is 9.26. The molecule has 0 amide bonds. The summed E-state index contributed by atoms with van der Waals surface area (Å²) in [6.07, 6.45) is 0.841. The lowest BCUT2D eigenvalue weighted by molar-refractivity contribution is 0.125. The van der Waals surface area contributed by atoms with E-state index in [4.69, 9.17) is 10.5 Å². The van der Waals surface area contributed by atoms with Crippen molar-refractivity contribution in [1.29, 1.82) is 0 Å². The molecule has 0 aliphatic carbocycles. The zero-order valence-corrected chi connectivity index (χ0v) is 10.1. The molecule has 1 aromatic rings. The molecule has 0 aliphatic rings. The molecule has 0 spiro atoms. The molecule has 90 valence electrons. The Kier molecular flexibility index (Phi) is 5.45. The normalized spacial score (nSPS) is 14.4. The summed E-state index contributed by atoms with van der Waals surface area (Å²) in [5.41, 5.74) is 6.44. The van der Waals surface area contributed by atoms with Crippen molar-refractivity contribution in [1.82, 2.24) is 0 Å². The van der Waals surface area contributed by atoms with Crippen molar-refractivity contribution < 1.29 is 14.1 Å². The summed E-state index contributed by atoms with van der Waals surface area (Å²) in [5, 5.41) is 9.50. The van der Waals surface area contributed by atoms with Gasteiger partial charge in [-0.15, -0.1) is 0 Å². The lowest BCUT2D eigenvalue weighted by atomic mass is 10.2. The van der Waals surface area contributed by atoms with Gasteiger partial charge < -0.3 is 15.6 Å². The lowest BCUT2D eigenvalue weighted by Crippen LogP contribution is -2.24. The number of aliphatic hydroxyl groups is 1. The van der Waals surface area contributed by atoms with Gasteiger partial charge in [-0.2, -0.15) is 0 Å². The highest BCUT2D eigenvalue weighted by Crippen LogP contribution is 2.17. The van der Waals surface area contributed by atoms with Crippen molar-refractivity contribution in [2.24, 2.45) is 5.73 Å². The van der Waals surface area contributed by atoms with Gasteiger partial charge in [-0.05, 0) is 6.07 Å². The monoisotopic (exact) mass is 243 g/mol. The molecule has 0 radical (unpaired) electrons. The molecule has 0 saturated carbocycles. The number of rotatable bonds is 6. The van der Waals surface area contributed by atoms with Gasteiger partial charge >= 0.3 is 0 Å². The Morgan fingerprint density at radius 3 is 2.81 bits per heavy atom. The number of nitrogens with two attached hydrogens (primary N) is 1. The summed E-state index contributed by atoms with van der Waals surface area (Å²) in [5.74, 6) is 0.899. The lowest BCUT2D eigenvalue weighted by Gasteiger charge is -2.13. The van der Waals surface area contributed by atoms with Crippen LogP contribution >= 0.6 is 0 Å². The Labute approximate surface area is 97.9 Å². The number of ether oxygens (including phenoxy) is 1. The van der Waals surface area contributed by atoms with Crippen LogP contribution in [0.2, 0.25) is 0 Å². The first-order valence-corrected chi connectivity index (χ1v) is 6.75. The largest absolute Gasteiger partial charge is 0.491 e. The maximum Gasteiger partial charge on any atom is 0.123 e. The summed E-state index contributed by atoms with van der Waals surface area (Å²) >= 11 is 0. The predicted octanol–water partition coefficient (Wildman–Crippen LogP) is 0.264. The van der Waals surface area contributed by atoms with Crippen LogP contribution in [0.1, 0.15) is 5.56 Å². The van der Waals surface area contributed by atoms with Gasteiger partial charge in [-0.25, -0.2) is 0 Å². The molecule has 0 aliphatic heterocycles. The maximum atomic E-state index is 10.9. The first-order valence-electron chi connectivity index (χ1n) is 5.02. The fourth-order valence-electron chi connectivity index (χ4n) is 1.32. The molecule has 0 aromatic heterocycles. The first kappa shape index (κ1) is 13.2. The van der Waals surface area contributed by atoms with Crippen molar-refractivity contribution in [3.8, 4) is 5.75 Å². The second kappa shape index (κ2) is 6.62. The van der Waals surface area contributed by atoms with Gasteiger partial charge in [0.05, 0.1) is 11.9 Å². The summed E-state index contributed by atoms with van der Waals surface area (Å²) in [6, 6.07) is 7.41. The van der Waals surface area contributed by atoms with Gasteiger partial charge in [0.25, 0.3) is 0 Å². The Bertz CT molecular complexity index is 357. The summed E-state index contributed by atoms with van der Waals surface area (Å²) < 4.78 is 16.3. The van der Waals surface area contributed by atoms with Crippen LogP contribution in [-0.4, -0.2) is 34.0 Å². The van der Waals surface area contributed by atoms with Crippen molar-refractivity contribution in [3.63, 3.8) is 0 Å². The SMILES string of the molecule is CS(=O)CC(O)COc1ccccc1CN. The van der Waals surface area contributed by atoms with Crippen LogP contribution in [0.3, 0.4) is 0 Å². The number of hydrogen-bond acceptors (Lipinski definition) is 4. The van der Waals surface area contributed by atoms with Crippen LogP contribution in [0.15, 0.2) is 24.3 Å². The summed E-state index contributed by atoms with van der Waals surface area (Å²) in [6.45, 7) is 0.530. The van der Waals surface area contributed by atoms with E-state index in [2.05, 4.69) is 0 Å². The molecule has 2 atom stereocenters. The molecule has 5 heteroatoms. The molecule has 0 bridgehead atoms. The van der Waals surface area contributed by atoms with Crippen LogP contribution in [0, 0.1) is 0 Å². The first-order chi connectivity index (χ1) is 7.63. The number of benzene rings is 1. The minimum absolute atomic E-state index is 0.136. The molecule has 2 unspecified atom stereocenters. The van der Waals surface area contributed by atoms with E-state index in [9.17, 15) is 9.32 Å². The van der Waals surface area contributed by atoms with Gasteiger partial charge in [0, 0.05) is 29.2 Å². The van der Waals surface area contributed by atoms with E-state index in [1.165, 1.54) is 0 Å². The second-order valence-electron chi connectivity index (χ2n) is 3.52. The fraction of sp³-hybridized carbons (Fsp3) is 0.455. The smallest absolute Gasteiger partial charge is 0.123 e. The third kappa shape index (κ3) is 4.30. The van der Waals surface area contributed by atoms with E-state index in [0.717, 1.165) is 5.56 Å². The molecule has 3 N–H and O–H groups in total. The quantitative estimate of drug-likeness (QED) is 0.752. The van der Waals surface area contributed by atoms with Crippen LogP contribution in [0.5, 0.6) is 5.75 Å². The highest BCUT2D eigenvalue weighted by molar-refractivity contribution is 7.84. The van der Waals surface area contributed by atoms with E-state index in [1.54, 1.807) is 12.3 Å². The van der Waals surface area contributed by atoms with Crippen molar-refractivity contribution in [2.75, 3.05) is 18.6 Å². The third-order valence-electron chi connectivity index (χ3n) is 2.05. The number of aliphatic hydroxyl groups excluding tert-OH is 1. The fourth-order valence-corrected chi connectivity index (χ4v) is 1.96. The van der Waals surface area contributed by atoms with E-state index in [-0.39, 0.29) is 12.4 Å². The molecule has 16 heavy (non-hydrogen) atoms. The molecule has 0 fully saturated rings. The van der Waals surface area contributed by atoms with Gasteiger partial charge in [0.1, 0.15) is 12.4 Å². The number of para-hydroxylation sites is 1. The van der Waals surface area contributed by atoms with Gasteiger partial charge in [0.2, 0.25) is 0 Å². The molecule has 0 saturated heterocycles. The number of hydrogen-bond donors (Lipinski definition) is 2. The molecular formula is C11H17NO3S. The molecule has 1 rings (SSSR count). The zero-order chi connectivity index (χ0) is 12.0. The van der Waals surface area contributed by atoms with Crippen molar-refractivity contribution >= 4 is 10.8 Å². The topological polar surface area (TPSA) is 72.5 Å². The Morgan fingerprint density at radius 2 is 2.19 bits per heavy atom. The van der Waals surface area contributed by atoms with Crippen molar-refractivity contribution in [2.45, 2.75) is 12.6 Å². The minimum atomic E-state index is -1.02. The minimum Gasteiger partial charge on any atom is -0.491 e. The predicted molar refractivity (Wildman–Crippen MR) is 64.8 cm³/mol. The van der Waals surface area contributed by atoms with E-state index in [0.29, 0.717) is 12.3 Å². The van der Waals surface area contributed by atoms with E-state index < -0.39 is 16.9 Å². The van der Waals surface area contributed by atoms with Crippen LogP contribution < -0.4 is 10.5 Å². The van der Waals surface area contributed by atoms with Crippen LogP contribution in [0.4, 0.5) is 0 Å². The van der Waals surface area contributed by atoms with E-state index >= 15 is 0 Å². The highest BCUT2D eigenvalue weighted by Gasteiger charge is 2.08. The van der Waals surface area contributed by atoms with Crippen LogP contribution in [-0.2, 0) is 17.3 Å². The highest BCUT2D eigenvalue weighted by atomic mass is 32.2. The molecule has 0 heterocycles. The summed E-state index contributed by atoms with van der Waals surface area (Å²) in [7, 11) is -1.02. The Morgan fingerprint density at radius 1 is 1.50 bits per heavy atom. The maximum absolute atomic E-state index is 10.9. The Hall–Kier alpha value is -0.910. The van der Waals surface area contributed by atoms with Crippen molar-refractivity contribution in [3.05, 3.63) is 29.8 Å². The average Bonchev–Trinajstić information content (AvgIpc) is 2.26. The average molecular weight is 243 g/mol. The molecule has 1 aromatic carbocycles. The summed E-state index contributed by atoms with van der Waals surface area (Å²) in [4.78, 5) is 0. The van der Waals surface area contributed by atoms with E-state index in [1.807, 2.05) is 18.2 Å². The molecular weight excluding hydrogens is 226 g/mol. The van der Waals surface area contributed by atoms with Gasteiger partial charge in [-0.1, -0.05) is 18.2 Å². The van der Waals surface area contributed by atoms with Gasteiger partial charge in [-0.3, -0.25) is 4.21 Å². The standard InChI is InChI=1S/C11H17NO3S/c1-16(14)8-10(13)7-15-11-5-3-2-4-9(11)6-12/h2-5,10,13H,6-8,12H2,1H3. The Balaban J connectivity index is 2.50. The van der Waals surface area contributed by atoms with Crippen LogP contribution in [0.25, 0.3) is 0 Å².